The van der Waals surface area contributed by atoms with Gasteiger partial charge >= 0.3 is 0 Å². The third-order valence-electron chi connectivity index (χ3n) is 3.27. The second kappa shape index (κ2) is 5.69. The minimum atomic E-state index is -3.32. The van der Waals surface area contributed by atoms with Gasteiger partial charge in [0.2, 0.25) is 10.0 Å². The van der Waals surface area contributed by atoms with Gasteiger partial charge in [-0.25, -0.2) is 13.1 Å². The molecule has 102 valence electrons. The van der Waals surface area contributed by atoms with Crippen LogP contribution < -0.4 is 10.0 Å². The van der Waals surface area contributed by atoms with E-state index in [9.17, 15) is 8.42 Å². The highest BCUT2D eigenvalue weighted by Crippen LogP contribution is 2.27. The third kappa shape index (κ3) is 3.32. The summed E-state index contributed by atoms with van der Waals surface area (Å²) < 4.78 is 27.6. The van der Waals surface area contributed by atoms with Gasteiger partial charge in [-0.2, -0.15) is 0 Å². The van der Waals surface area contributed by atoms with Gasteiger partial charge in [0.25, 0.3) is 0 Å². The summed E-state index contributed by atoms with van der Waals surface area (Å²) in [7, 11) is -1.47. The summed E-state index contributed by atoms with van der Waals surface area (Å²) in [5.41, 5.74) is 0. The van der Waals surface area contributed by atoms with E-state index in [1.165, 1.54) is 11.3 Å². The average Bonchev–Trinajstić information content (AvgIpc) is 2.88. The van der Waals surface area contributed by atoms with Gasteiger partial charge in [-0.3, -0.25) is 0 Å². The maximum Gasteiger partial charge on any atom is 0.250 e. The predicted molar refractivity (Wildman–Crippen MR) is 74.2 cm³/mol. The van der Waals surface area contributed by atoms with Crippen molar-refractivity contribution in [2.24, 2.45) is 5.92 Å². The first-order chi connectivity index (χ1) is 8.51. The van der Waals surface area contributed by atoms with Crippen molar-refractivity contribution in [2.75, 3.05) is 7.05 Å². The summed E-state index contributed by atoms with van der Waals surface area (Å²) in [6, 6.07) is 3.67. The Balaban J connectivity index is 2.05. The van der Waals surface area contributed by atoms with Crippen molar-refractivity contribution in [1.29, 1.82) is 0 Å². The Morgan fingerprint density at radius 3 is 2.78 bits per heavy atom. The summed E-state index contributed by atoms with van der Waals surface area (Å²) in [6.45, 7) is 2.88. The minimum absolute atomic E-state index is 0.111. The Morgan fingerprint density at radius 2 is 2.17 bits per heavy atom. The number of thiophene rings is 1. The van der Waals surface area contributed by atoms with Crippen molar-refractivity contribution < 1.29 is 8.42 Å². The van der Waals surface area contributed by atoms with Crippen LogP contribution in [0.25, 0.3) is 0 Å². The molecule has 1 aromatic heterocycles. The molecule has 2 N–H and O–H groups in total. The summed E-state index contributed by atoms with van der Waals surface area (Å²) in [5, 5.41) is 3.02. The van der Waals surface area contributed by atoms with Crippen LogP contribution in [-0.2, 0) is 16.6 Å². The summed E-state index contributed by atoms with van der Waals surface area (Å²) in [6.07, 6.45) is 3.02. The molecule has 1 saturated carbocycles. The lowest BCUT2D eigenvalue weighted by molar-refractivity contribution is 0.540. The second-order valence-corrected chi connectivity index (χ2v) is 8.10. The highest BCUT2D eigenvalue weighted by Gasteiger charge is 2.27. The van der Waals surface area contributed by atoms with Crippen molar-refractivity contribution in [3.05, 3.63) is 17.0 Å². The van der Waals surface area contributed by atoms with E-state index in [1.807, 2.05) is 13.1 Å². The van der Waals surface area contributed by atoms with Crippen LogP contribution in [0.4, 0.5) is 0 Å². The largest absolute Gasteiger partial charge is 0.315 e. The Bertz CT molecular complexity index is 496. The molecular formula is C12H20N2O2S2. The number of nitrogens with one attached hydrogen (secondary N) is 2. The molecular weight excluding hydrogens is 268 g/mol. The Kier molecular flexibility index (Phi) is 4.42. The highest BCUT2D eigenvalue weighted by atomic mass is 32.2. The number of hydrogen-bond donors (Lipinski definition) is 2. The standard InChI is InChI=1S/C12H20N2O2S2/c1-9-3-4-10(7-9)14-18(15,16)12-6-5-11(17-12)8-13-2/h5-6,9-10,13-14H,3-4,7-8H2,1-2H3. The maximum absolute atomic E-state index is 12.2. The van der Waals surface area contributed by atoms with Gasteiger partial charge in [-0.05, 0) is 44.4 Å². The molecule has 1 fully saturated rings. The first-order valence-corrected chi connectivity index (χ1v) is 8.57. The molecule has 1 aliphatic carbocycles. The fraction of sp³-hybridized carbons (Fsp3) is 0.667. The Labute approximate surface area is 113 Å². The summed E-state index contributed by atoms with van der Waals surface area (Å²) in [4.78, 5) is 1.04. The molecule has 0 aromatic carbocycles. The molecule has 2 unspecified atom stereocenters. The lowest BCUT2D eigenvalue weighted by Gasteiger charge is -2.11. The predicted octanol–water partition coefficient (Wildman–Crippen LogP) is 1.93. The molecule has 0 amide bonds. The molecule has 2 rings (SSSR count). The van der Waals surface area contributed by atoms with Gasteiger partial charge < -0.3 is 5.32 Å². The smallest absolute Gasteiger partial charge is 0.250 e. The average molecular weight is 288 g/mol. The highest BCUT2D eigenvalue weighted by molar-refractivity contribution is 7.91. The molecule has 0 aliphatic heterocycles. The zero-order chi connectivity index (χ0) is 13.2. The quantitative estimate of drug-likeness (QED) is 0.870. The molecule has 1 aliphatic rings. The van der Waals surface area contributed by atoms with Gasteiger partial charge in [0.05, 0.1) is 0 Å². The molecule has 0 saturated heterocycles. The number of hydrogen-bond acceptors (Lipinski definition) is 4. The van der Waals surface area contributed by atoms with E-state index in [0.717, 1.165) is 24.1 Å². The van der Waals surface area contributed by atoms with Crippen LogP contribution in [0.5, 0.6) is 0 Å². The number of sulfonamides is 1. The molecule has 0 radical (unpaired) electrons. The molecule has 0 bridgehead atoms. The molecule has 4 nitrogen and oxygen atoms in total. The van der Waals surface area contributed by atoms with Crippen LogP contribution in [0.2, 0.25) is 0 Å². The molecule has 1 heterocycles. The van der Waals surface area contributed by atoms with Gasteiger partial charge in [0, 0.05) is 17.5 Å². The molecule has 0 spiro atoms. The SMILES string of the molecule is CNCc1ccc(S(=O)(=O)NC2CCC(C)C2)s1. The van der Waals surface area contributed by atoms with Crippen LogP contribution in [0, 0.1) is 5.92 Å². The summed E-state index contributed by atoms with van der Waals surface area (Å²) >= 11 is 1.34. The molecule has 18 heavy (non-hydrogen) atoms. The zero-order valence-electron chi connectivity index (χ0n) is 10.8. The van der Waals surface area contributed by atoms with Crippen molar-refractivity contribution in [3.63, 3.8) is 0 Å². The van der Waals surface area contributed by atoms with E-state index in [2.05, 4.69) is 17.0 Å². The minimum Gasteiger partial charge on any atom is -0.315 e. The number of rotatable bonds is 5. The van der Waals surface area contributed by atoms with E-state index in [0.29, 0.717) is 16.7 Å². The molecule has 6 heteroatoms. The topological polar surface area (TPSA) is 58.2 Å². The van der Waals surface area contributed by atoms with E-state index < -0.39 is 10.0 Å². The van der Waals surface area contributed by atoms with Gasteiger partial charge in [0.1, 0.15) is 4.21 Å². The lowest BCUT2D eigenvalue weighted by atomic mass is 10.1. The third-order valence-corrected chi connectivity index (χ3v) is 6.37. The van der Waals surface area contributed by atoms with Gasteiger partial charge in [-0.1, -0.05) is 6.92 Å². The van der Waals surface area contributed by atoms with Crippen molar-refractivity contribution >= 4 is 21.4 Å². The van der Waals surface area contributed by atoms with Crippen LogP contribution in [0.3, 0.4) is 0 Å². The van der Waals surface area contributed by atoms with E-state index in [1.54, 1.807) is 6.07 Å². The van der Waals surface area contributed by atoms with Gasteiger partial charge in [0.15, 0.2) is 0 Å². The van der Waals surface area contributed by atoms with Crippen molar-refractivity contribution in [2.45, 2.75) is 43.0 Å². The van der Waals surface area contributed by atoms with Crippen molar-refractivity contribution in [3.8, 4) is 0 Å². The van der Waals surface area contributed by atoms with Gasteiger partial charge in [-0.15, -0.1) is 11.3 Å². The van der Waals surface area contributed by atoms with E-state index in [-0.39, 0.29) is 6.04 Å². The normalized spacial score (nSPS) is 24.6. The Hall–Kier alpha value is -0.430. The molecule has 1 aromatic rings. The van der Waals surface area contributed by atoms with E-state index in [4.69, 9.17) is 0 Å². The summed E-state index contributed by atoms with van der Waals surface area (Å²) in [5.74, 6) is 0.626. The van der Waals surface area contributed by atoms with Crippen molar-refractivity contribution in [1.82, 2.24) is 10.0 Å². The first-order valence-electron chi connectivity index (χ1n) is 6.27. The monoisotopic (exact) mass is 288 g/mol. The molecule has 2 atom stereocenters. The lowest BCUT2D eigenvalue weighted by Crippen LogP contribution is -2.32. The van der Waals surface area contributed by atoms with E-state index >= 15 is 0 Å². The van der Waals surface area contributed by atoms with Crippen LogP contribution in [0.1, 0.15) is 31.1 Å². The van der Waals surface area contributed by atoms with Crippen LogP contribution in [-0.4, -0.2) is 21.5 Å². The maximum atomic E-state index is 12.2. The Morgan fingerprint density at radius 1 is 1.39 bits per heavy atom. The fourth-order valence-electron chi connectivity index (χ4n) is 2.36. The zero-order valence-corrected chi connectivity index (χ0v) is 12.4. The van der Waals surface area contributed by atoms with Crippen LogP contribution >= 0.6 is 11.3 Å². The fourth-order valence-corrected chi connectivity index (χ4v) is 5.03. The first kappa shape index (κ1) is 14.0. The second-order valence-electron chi connectivity index (χ2n) is 4.99. The van der Waals surface area contributed by atoms with Crippen LogP contribution in [0.15, 0.2) is 16.3 Å².